The predicted molar refractivity (Wildman–Crippen MR) is 177 cm³/mol. The number of hydrogen-bond donors (Lipinski definition) is 2. The molecule has 0 unspecified atom stereocenters. The van der Waals surface area contributed by atoms with E-state index in [0.717, 1.165) is 61.8 Å². The Kier molecular flexibility index (Phi) is 22.7. The molecule has 9 heteroatoms. The number of phenols is 2. The van der Waals surface area contributed by atoms with Crippen molar-refractivity contribution in [3.05, 3.63) is 57.6 Å². The van der Waals surface area contributed by atoms with Crippen LogP contribution < -0.4 is 10.2 Å². The van der Waals surface area contributed by atoms with Crippen LogP contribution in [0.2, 0.25) is 0 Å². The minimum Gasteiger partial charge on any atom is -0.550 e. The Morgan fingerprint density at radius 2 is 0.889 bits per heavy atom. The monoisotopic (exact) mass is 669 g/mol. The molecule has 0 saturated heterocycles. The van der Waals surface area contributed by atoms with Crippen molar-refractivity contribution < 1.29 is 46.8 Å². The van der Waals surface area contributed by atoms with Gasteiger partial charge in [-0.2, -0.15) is 0 Å². The Balaban J connectivity index is 0. The van der Waals surface area contributed by atoms with Crippen molar-refractivity contribution in [1.29, 1.82) is 0 Å². The third-order valence-electron chi connectivity index (χ3n) is 5.92. The summed E-state index contributed by atoms with van der Waals surface area (Å²) in [6.07, 6.45) is 7.21. The van der Waals surface area contributed by atoms with Crippen LogP contribution in [0.1, 0.15) is 103 Å². The number of carboxylic acids is 2. The summed E-state index contributed by atoms with van der Waals surface area (Å²) in [5, 5.41) is 39.4. The molecule has 1 radical (unpaired) electrons. The molecular formula is C36H54CoN2O6. The number of hydrogen-bond acceptors (Lipinski definition) is 8. The summed E-state index contributed by atoms with van der Waals surface area (Å²) < 4.78 is 0. The number of aliphatic carboxylic acids is 2. The maximum atomic E-state index is 10.8. The number of phenolic OH excluding ortho intramolecular Hbond substituents is 2. The van der Waals surface area contributed by atoms with E-state index >= 15 is 0 Å². The number of aliphatic imine (C=N–C) groups is 2. The fraction of sp³-hybridized carbons (Fsp3) is 0.556. The van der Waals surface area contributed by atoms with Crippen molar-refractivity contribution in [3.63, 3.8) is 0 Å². The Hall–Kier alpha value is -3.17. The van der Waals surface area contributed by atoms with Crippen molar-refractivity contribution >= 4 is 24.4 Å². The first-order valence-electron chi connectivity index (χ1n) is 15.5. The van der Waals surface area contributed by atoms with Gasteiger partial charge >= 0.3 is 16.8 Å². The van der Waals surface area contributed by atoms with Crippen LogP contribution >= 0.6 is 0 Å². The zero-order valence-corrected chi connectivity index (χ0v) is 29.8. The van der Waals surface area contributed by atoms with Gasteiger partial charge in [-0.15, -0.1) is 0 Å². The summed E-state index contributed by atoms with van der Waals surface area (Å²) in [5.41, 5.74) is 6.04. The van der Waals surface area contributed by atoms with Crippen LogP contribution in [0.5, 0.6) is 11.5 Å². The third-order valence-corrected chi connectivity index (χ3v) is 5.92. The summed E-state index contributed by atoms with van der Waals surface area (Å²) >= 11 is 0. The molecule has 0 aliphatic rings. The van der Waals surface area contributed by atoms with Crippen molar-refractivity contribution in [1.82, 2.24) is 0 Å². The fourth-order valence-electron chi connectivity index (χ4n) is 4.58. The Labute approximate surface area is 281 Å². The first-order chi connectivity index (χ1) is 20.4. The van der Waals surface area contributed by atoms with E-state index in [1.54, 1.807) is 12.4 Å². The maximum Gasteiger partial charge on any atom is 2.00 e. The normalized spacial score (nSPS) is 11.1. The molecule has 0 saturated carbocycles. The van der Waals surface area contributed by atoms with Crippen LogP contribution in [-0.2, 0) is 52.1 Å². The molecule has 0 bridgehead atoms. The number of rotatable bonds is 13. The fourth-order valence-corrected chi connectivity index (χ4v) is 4.58. The number of benzene rings is 2. The first-order valence-corrected chi connectivity index (χ1v) is 15.5. The van der Waals surface area contributed by atoms with Crippen LogP contribution in [0.4, 0.5) is 0 Å². The summed E-state index contributed by atoms with van der Waals surface area (Å²) in [6.45, 7) is 20.5. The average Bonchev–Trinajstić information content (AvgIpc) is 2.84. The van der Waals surface area contributed by atoms with E-state index in [4.69, 9.17) is 19.8 Å². The predicted octanol–water partition coefficient (Wildman–Crippen LogP) is 4.94. The van der Waals surface area contributed by atoms with Crippen LogP contribution in [0.15, 0.2) is 34.3 Å². The van der Waals surface area contributed by atoms with Crippen molar-refractivity contribution in [2.45, 2.75) is 94.9 Å². The molecule has 0 spiro atoms. The zero-order chi connectivity index (χ0) is 34.0. The summed E-state index contributed by atoms with van der Waals surface area (Å²) in [4.78, 5) is 26.9. The van der Waals surface area contributed by atoms with Gasteiger partial charge in [-0.25, -0.2) is 0 Å². The maximum absolute atomic E-state index is 10.8. The zero-order valence-electron chi connectivity index (χ0n) is 28.8. The molecule has 0 atom stereocenters. The van der Waals surface area contributed by atoms with Gasteiger partial charge in [0.05, 0.1) is 13.1 Å². The smallest absolute Gasteiger partial charge is 0.550 e. The molecule has 0 heterocycles. The number of aromatic hydroxyl groups is 2. The Morgan fingerprint density at radius 3 is 1.13 bits per heavy atom. The minimum atomic E-state index is -1.08. The van der Waals surface area contributed by atoms with Gasteiger partial charge in [-0.05, 0) is 97.6 Å². The van der Waals surface area contributed by atoms with Gasteiger partial charge in [0.15, 0.2) is 0 Å². The summed E-state index contributed by atoms with van der Waals surface area (Å²) in [6, 6.07) is 8.40. The van der Waals surface area contributed by atoms with Crippen LogP contribution in [0, 0.1) is 23.7 Å². The van der Waals surface area contributed by atoms with E-state index in [9.17, 15) is 10.2 Å². The first kappa shape index (κ1) is 44.0. The van der Waals surface area contributed by atoms with Gasteiger partial charge in [0.2, 0.25) is 0 Å². The van der Waals surface area contributed by atoms with Crippen LogP contribution in [0.3, 0.4) is 0 Å². The van der Waals surface area contributed by atoms with Gasteiger partial charge in [0.25, 0.3) is 0 Å². The van der Waals surface area contributed by atoms with Gasteiger partial charge in [0.1, 0.15) is 11.5 Å². The number of carbonyl (C=O) groups is 2. The standard InChI is InChI=1S/C32H48N2O2.2C2H4O2.Co/c1-21(2)11-25-15-27(13-23(5)6)31(35)29(17-25)19-33-9-10-34-20-30-18-26(12-22(3)4)16-28(32(30)36)14-24(7)8;2*1-2(3)4;/h15-24,35-36H,9-14H2,1-8H3;2*1H3,(H,3,4);/q;;;+2/p-2. The van der Waals surface area contributed by atoms with E-state index in [-0.39, 0.29) is 16.8 Å². The van der Waals surface area contributed by atoms with E-state index in [0.29, 0.717) is 48.3 Å². The Bertz CT molecular complexity index is 1130. The van der Waals surface area contributed by atoms with Gasteiger partial charge < -0.3 is 30.0 Å². The average molecular weight is 670 g/mol. The van der Waals surface area contributed by atoms with E-state index in [2.05, 4.69) is 89.6 Å². The summed E-state index contributed by atoms with van der Waals surface area (Å²) in [7, 11) is 0. The topological polar surface area (TPSA) is 145 Å². The molecule has 0 fully saturated rings. The molecular weight excluding hydrogens is 615 g/mol. The van der Waals surface area contributed by atoms with Crippen LogP contribution in [-0.4, -0.2) is 47.7 Å². The number of carbonyl (C=O) groups excluding carboxylic acids is 2. The molecule has 0 aliphatic heterocycles. The second-order valence-electron chi connectivity index (χ2n) is 12.8. The molecule has 0 aliphatic carbocycles. The van der Waals surface area contributed by atoms with Crippen molar-refractivity contribution in [2.24, 2.45) is 33.7 Å². The van der Waals surface area contributed by atoms with E-state index in [1.165, 1.54) is 11.1 Å². The molecule has 0 aromatic heterocycles. The second-order valence-corrected chi connectivity index (χ2v) is 12.8. The molecule has 2 rings (SSSR count). The molecule has 0 amide bonds. The second kappa shape index (κ2) is 23.2. The quantitative estimate of drug-likeness (QED) is 0.228. The number of carboxylic acid groups (broad SMARTS) is 2. The minimum absolute atomic E-state index is 0. The Morgan fingerprint density at radius 1 is 0.622 bits per heavy atom. The molecule has 45 heavy (non-hydrogen) atoms. The molecule has 2 aromatic carbocycles. The summed E-state index contributed by atoms with van der Waals surface area (Å²) in [5.74, 6) is 0.567. The van der Waals surface area contributed by atoms with Crippen LogP contribution in [0.25, 0.3) is 0 Å². The number of nitrogens with zero attached hydrogens (tertiary/aromatic N) is 2. The van der Waals surface area contributed by atoms with E-state index in [1.807, 2.05) is 0 Å². The SMILES string of the molecule is CC(=O)[O-].CC(=O)[O-].CC(C)Cc1cc(C=NCCN=Cc2cc(CC(C)C)cc(CC(C)C)c2O)c(O)c(CC(C)C)c1.[Co+2]. The van der Waals surface area contributed by atoms with Gasteiger partial charge in [-0.1, -0.05) is 67.5 Å². The van der Waals surface area contributed by atoms with Gasteiger partial charge in [-0.3, -0.25) is 9.98 Å². The third kappa shape index (κ3) is 21.2. The largest absolute Gasteiger partial charge is 2.00 e. The van der Waals surface area contributed by atoms with E-state index < -0.39 is 11.9 Å². The molecule has 2 aromatic rings. The van der Waals surface area contributed by atoms with Gasteiger partial charge in [0, 0.05) is 35.5 Å². The molecule has 8 nitrogen and oxygen atoms in total. The molecule has 253 valence electrons. The molecule has 2 N–H and O–H groups in total. The van der Waals surface area contributed by atoms with Crippen molar-refractivity contribution in [2.75, 3.05) is 13.1 Å². The van der Waals surface area contributed by atoms with Crippen molar-refractivity contribution in [3.8, 4) is 11.5 Å².